The van der Waals surface area contributed by atoms with Gasteiger partial charge in [0.15, 0.2) is 0 Å². The number of hydrogen-bond acceptors (Lipinski definition) is 0. The van der Waals surface area contributed by atoms with Crippen molar-refractivity contribution in [1.29, 1.82) is 0 Å². The molecule has 120 valence electrons. The van der Waals surface area contributed by atoms with Gasteiger partial charge in [-0.2, -0.15) is 0 Å². The Balaban J connectivity index is 1.53. The lowest BCUT2D eigenvalue weighted by Crippen LogP contribution is -2.38. The molecule has 1 aliphatic heterocycles. The minimum atomic E-state index is -0.0671. The van der Waals surface area contributed by atoms with E-state index in [-0.39, 0.29) is 7.92 Å². The van der Waals surface area contributed by atoms with Gasteiger partial charge in [-0.05, 0) is 47.0 Å². The second kappa shape index (κ2) is 7.32. The molecule has 1 saturated heterocycles. The Bertz CT molecular complexity index is 704. The van der Waals surface area contributed by atoms with Gasteiger partial charge in [-0.1, -0.05) is 98.9 Å². The zero-order valence-electron chi connectivity index (χ0n) is 13.9. The lowest BCUT2D eigenvalue weighted by atomic mass is 10.0. The maximum absolute atomic E-state index is 2.35. The van der Waals surface area contributed by atoms with Gasteiger partial charge in [-0.3, -0.25) is 0 Å². The zero-order chi connectivity index (χ0) is 16.2. The van der Waals surface area contributed by atoms with Gasteiger partial charge in [-0.15, -0.1) is 0 Å². The van der Waals surface area contributed by atoms with E-state index in [2.05, 4.69) is 91.0 Å². The Morgan fingerprint density at radius 2 is 1.00 bits per heavy atom. The van der Waals surface area contributed by atoms with E-state index in [1.807, 2.05) is 0 Å². The maximum atomic E-state index is 2.35. The van der Waals surface area contributed by atoms with E-state index in [1.165, 1.54) is 30.4 Å². The standard InChI is InChI=1S/C23H23P/c1-4-10-19(11-5-1)16-22-18-23(17-20-12-6-2-7-13-20)24(22)21-14-8-3-9-15-21/h1-15,22-23H,16-18H2/t22-,23-/m0/s1. The molecule has 0 aromatic heterocycles. The number of hydrogen-bond donors (Lipinski definition) is 0. The quantitative estimate of drug-likeness (QED) is 0.548. The fourth-order valence-electron chi connectivity index (χ4n) is 3.86. The summed E-state index contributed by atoms with van der Waals surface area (Å²) in [6.07, 6.45) is 3.82. The molecular weight excluding hydrogens is 307 g/mol. The van der Waals surface area contributed by atoms with E-state index in [0.717, 1.165) is 11.3 Å². The molecule has 1 heterocycles. The molecule has 3 aromatic rings. The van der Waals surface area contributed by atoms with Crippen LogP contribution in [0.15, 0.2) is 91.0 Å². The molecule has 3 aromatic carbocycles. The van der Waals surface area contributed by atoms with Gasteiger partial charge in [0, 0.05) is 0 Å². The van der Waals surface area contributed by atoms with E-state index >= 15 is 0 Å². The van der Waals surface area contributed by atoms with Gasteiger partial charge in [0.2, 0.25) is 0 Å². The van der Waals surface area contributed by atoms with Gasteiger partial charge in [0.05, 0.1) is 0 Å². The minimum Gasteiger partial charge on any atom is -0.0682 e. The van der Waals surface area contributed by atoms with Crippen LogP contribution in [-0.2, 0) is 12.8 Å². The third kappa shape index (κ3) is 3.45. The highest BCUT2D eigenvalue weighted by Gasteiger charge is 2.40. The van der Waals surface area contributed by atoms with E-state index in [1.54, 1.807) is 5.30 Å². The van der Waals surface area contributed by atoms with E-state index in [0.29, 0.717) is 0 Å². The summed E-state index contributed by atoms with van der Waals surface area (Å²) < 4.78 is 0. The second-order valence-electron chi connectivity index (χ2n) is 6.67. The summed E-state index contributed by atoms with van der Waals surface area (Å²) >= 11 is 0. The van der Waals surface area contributed by atoms with Crippen molar-refractivity contribution in [3.63, 3.8) is 0 Å². The third-order valence-corrected chi connectivity index (χ3v) is 8.27. The molecule has 0 aliphatic carbocycles. The topological polar surface area (TPSA) is 0 Å². The van der Waals surface area contributed by atoms with E-state index < -0.39 is 0 Å². The van der Waals surface area contributed by atoms with Crippen LogP contribution in [0.1, 0.15) is 17.5 Å². The van der Waals surface area contributed by atoms with Crippen LogP contribution in [0.2, 0.25) is 0 Å². The van der Waals surface area contributed by atoms with Crippen LogP contribution in [-0.4, -0.2) is 11.3 Å². The molecule has 24 heavy (non-hydrogen) atoms. The highest BCUT2D eigenvalue weighted by atomic mass is 31.1. The first-order valence-corrected chi connectivity index (χ1v) is 10.3. The summed E-state index contributed by atoms with van der Waals surface area (Å²) in [5.74, 6) is 0. The first kappa shape index (κ1) is 15.6. The van der Waals surface area contributed by atoms with Gasteiger partial charge in [-0.25, -0.2) is 0 Å². The molecule has 0 bridgehead atoms. The van der Waals surface area contributed by atoms with Crippen molar-refractivity contribution < 1.29 is 0 Å². The van der Waals surface area contributed by atoms with Crippen molar-refractivity contribution in [3.05, 3.63) is 102 Å². The minimum absolute atomic E-state index is 0.0671. The van der Waals surface area contributed by atoms with Gasteiger partial charge in [0.25, 0.3) is 0 Å². The maximum Gasteiger partial charge on any atom is -0.0120 e. The molecule has 4 rings (SSSR count). The summed E-state index contributed by atoms with van der Waals surface area (Å²) in [7, 11) is -0.0671. The SMILES string of the molecule is c1ccc(C[C@H]2C[C@H](Cc3ccccc3)P2c2ccccc2)cc1. The van der Waals surface area contributed by atoms with Crippen LogP contribution >= 0.6 is 7.92 Å². The van der Waals surface area contributed by atoms with Crippen LogP contribution in [0.5, 0.6) is 0 Å². The molecule has 1 fully saturated rings. The highest BCUT2D eigenvalue weighted by Crippen LogP contribution is 2.60. The number of benzene rings is 3. The Morgan fingerprint density at radius 3 is 1.46 bits per heavy atom. The summed E-state index contributed by atoms with van der Waals surface area (Å²) in [5.41, 5.74) is 4.64. The predicted molar refractivity (Wildman–Crippen MR) is 105 cm³/mol. The molecule has 0 unspecified atom stereocenters. The Morgan fingerprint density at radius 1 is 0.583 bits per heavy atom. The van der Waals surface area contributed by atoms with Crippen molar-refractivity contribution in [2.45, 2.75) is 30.6 Å². The van der Waals surface area contributed by atoms with Crippen molar-refractivity contribution in [3.8, 4) is 0 Å². The summed E-state index contributed by atoms with van der Waals surface area (Å²) in [4.78, 5) is 0. The van der Waals surface area contributed by atoms with E-state index in [9.17, 15) is 0 Å². The fraction of sp³-hybridized carbons (Fsp3) is 0.217. The molecule has 0 radical (unpaired) electrons. The Kier molecular flexibility index (Phi) is 4.76. The van der Waals surface area contributed by atoms with Crippen LogP contribution < -0.4 is 5.30 Å². The molecule has 0 spiro atoms. The van der Waals surface area contributed by atoms with Crippen molar-refractivity contribution in [2.24, 2.45) is 0 Å². The monoisotopic (exact) mass is 330 g/mol. The molecule has 0 nitrogen and oxygen atoms in total. The Labute approximate surface area is 146 Å². The van der Waals surface area contributed by atoms with Crippen LogP contribution in [0, 0.1) is 0 Å². The summed E-state index contributed by atoms with van der Waals surface area (Å²) in [6, 6.07) is 33.3. The first-order chi connectivity index (χ1) is 11.9. The smallest absolute Gasteiger partial charge is 0.0120 e. The summed E-state index contributed by atoms with van der Waals surface area (Å²) in [5, 5.41) is 1.58. The molecule has 2 atom stereocenters. The predicted octanol–water partition coefficient (Wildman–Crippen LogP) is 5.42. The van der Waals surface area contributed by atoms with Gasteiger partial charge >= 0.3 is 0 Å². The van der Waals surface area contributed by atoms with E-state index in [4.69, 9.17) is 0 Å². The van der Waals surface area contributed by atoms with Crippen molar-refractivity contribution in [1.82, 2.24) is 0 Å². The van der Waals surface area contributed by atoms with Crippen LogP contribution in [0.3, 0.4) is 0 Å². The first-order valence-electron chi connectivity index (χ1n) is 8.81. The largest absolute Gasteiger partial charge is 0.0682 e. The van der Waals surface area contributed by atoms with Crippen molar-refractivity contribution in [2.75, 3.05) is 0 Å². The molecule has 1 aliphatic rings. The Hall–Kier alpha value is -1.91. The average Bonchev–Trinajstić information content (AvgIpc) is 2.63. The molecule has 1 heteroatoms. The fourth-order valence-corrected chi connectivity index (χ4v) is 7.20. The lowest BCUT2D eigenvalue weighted by molar-refractivity contribution is 0.630. The molecular formula is C23H23P. The average molecular weight is 330 g/mol. The lowest BCUT2D eigenvalue weighted by Gasteiger charge is -2.46. The van der Waals surface area contributed by atoms with Gasteiger partial charge < -0.3 is 0 Å². The molecule has 0 saturated carbocycles. The van der Waals surface area contributed by atoms with Crippen molar-refractivity contribution >= 4 is 13.2 Å². The third-order valence-electron chi connectivity index (χ3n) is 5.01. The normalized spacial score (nSPS) is 20.5. The summed E-state index contributed by atoms with van der Waals surface area (Å²) in [6.45, 7) is 0. The molecule has 0 N–H and O–H groups in total. The molecule has 0 amide bonds. The van der Waals surface area contributed by atoms with Gasteiger partial charge in [0.1, 0.15) is 0 Å². The van der Waals surface area contributed by atoms with Crippen LogP contribution in [0.4, 0.5) is 0 Å². The number of rotatable bonds is 5. The highest BCUT2D eigenvalue weighted by molar-refractivity contribution is 7.68. The zero-order valence-corrected chi connectivity index (χ0v) is 14.8. The van der Waals surface area contributed by atoms with Crippen LogP contribution in [0.25, 0.3) is 0 Å². The second-order valence-corrected chi connectivity index (χ2v) is 9.46.